The van der Waals surface area contributed by atoms with Crippen LogP contribution in [0.5, 0.6) is 11.5 Å². The van der Waals surface area contributed by atoms with Crippen molar-refractivity contribution in [2.24, 2.45) is 10.9 Å². The van der Waals surface area contributed by atoms with Crippen LogP contribution in [0, 0.1) is 5.92 Å². The molecule has 0 bridgehead atoms. The maximum atomic E-state index is 5.39. The molecule has 0 radical (unpaired) electrons. The van der Waals surface area contributed by atoms with Gasteiger partial charge in [-0.2, -0.15) is 0 Å². The van der Waals surface area contributed by atoms with Crippen molar-refractivity contribution in [3.8, 4) is 11.5 Å². The molecule has 1 aromatic heterocycles. The Bertz CT molecular complexity index is 720. The molecule has 5 nitrogen and oxygen atoms in total. The highest BCUT2D eigenvalue weighted by Gasteiger charge is 2.11. The van der Waals surface area contributed by atoms with E-state index in [1.807, 2.05) is 12.1 Å². The smallest absolute Gasteiger partial charge is 0.191 e. The van der Waals surface area contributed by atoms with Gasteiger partial charge in [0.25, 0.3) is 0 Å². The molecular formula is C19H26BrN3O2S. The highest BCUT2D eigenvalue weighted by Crippen LogP contribution is 2.36. The first-order chi connectivity index (χ1) is 12.6. The minimum absolute atomic E-state index is 0.530. The van der Waals surface area contributed by atoms with E-state index in [1.165, 1.54) is 4.88 Å². The number of thiophene rings is 1. The fourth-order valence-electron chi connectivity index (χ4n) is 2.60. The quantitative estimate of drug-likeness (QED) is 0.480. The van der Waals surface area contributed by atoms with E-state index in [1.54, 1.807) is 32.6 Å². The summed E-state index contributed by atoms with van der Waals surface area (Å²) in [4.78, 5) is 5.71. The summed E-state index contributed by atoms with van der Waals surface area (Å²) in [6, 6.07) is 8.26. The van der Waals surface area contributed by atoms with Gasteiger partial charge in [-0.1, -0.05) is 13.0 Å². The SMILES string of the molecule is CN=C(NCc1cc(Br)c(OC)c(OC)c1)NCC(C)Cc1cccs1. The van der Waals surface area contributed by atoms with Gasteiger partial charge in [-0.25, -0.2) is 0 Å². The topological polar surface area (TPSA) is 54.9 Å². The van der Waals surface area contributed by atoms with Crippen molar-refractivity contribution >= 4 is 33.2 Å². The van der Waals surface area contributed by atoms with E-state index in [9.17, 15) is 0 Å². The molecule has 0 amide bonds. The van der Waals surface area contributed by atoms with Crippen molar-refractivity contribution < 1.29 is 9.47 Å². The summed E-state index contributed by atoms with van der Waals surface area (Å²) in [6.07, 6.45) is 1.07. The van der Waals surface area contributed by atoms with E-state index in [0.717, 1.165) is 29.0 Å². The van der Waals surface area contributed by atoms with Crippen LogP contribution in [0.3, 0.4) is 0 Å². The van der Waals surface area contributed by atoms with Gasteiger partial charge in [0, 0.05) is 25.0 Å². The number of nitrogens with one attached hydrogen (secondary N) is 2. The Morgan fingerprint density at radius 3 is 2.69 bits per heavy atom. The lowest BCUT2D eigenvalue weighted by atomic mass is 10.1. The predicted molar refractivity (Wildman–Crippen MR) is 113 cm³/mol. The molecule has 26 heavy (non-hydrogen) atoms. The third-order valence-electron chi connectivity index (χ3n) is 3.92. The Labute approximate surface area is 168 Å². The fourth-order valence-corrected chi connectivity index (χ4v) is 4.12. The fraction of sp³-hybridized carbons (Fsp3) is 0.421. The summed E-state index contributed by atoms with van der Waals surface area (Å²) in [5.41, 5.74) is 1.07. The van der Waals surface area contributed by atoms with Gasteiger partial charge in [0.2, 0.25) is 0 Å². The summed E-state index contributed by atoms with van der Waals surface area (Å²) < 4.78 is 11.6. The van der Waals surface area contributed by atoms with Gasteiger partial charge in [-0.15, -0.1) is 11.3 Å². The molecular weight excluding hydrogens is 414 g/mol. The van der Waals surface area contributed by atoms with Crippen molar-refractivity contribution in [3.63, 3.8) is 0 Å². The highest BCUT2D eigenvalue weighted by molar-refractivity contribution is 9.10. The van der Waals surface area contributed by atoms with Gasteiger partial charge in [-0.3, -0.25) is 4.99 Å². The second kappa shape index (κ2) is 10.4. The first-order valence-electron chi connectivity index (χ1n) is 8.44. The molecule has 142 valence electrons. The standard InChI is InChI=1S/C19H26BrN3O2S/c1-13(8-15-6-5-7-26-15)11-22-19(21-2)23-12-14-9-16(20)18(25-4)17(10-14)24-3/h5-7,9-10,13H,8,11-12H2,1-4H3,(H2,21,22,23). The predicted octanol–water partition coefficient (Wildman–Crippen LogP) is 4.07. The van der Waals surface area contributed by atoms with Crippen molar-refractivity contribution in [3.05, 3.63) is 44.6 Å². The van der Waals surface area contributed by atoms with Gasteiger partial charge in [0.15, 0.2) is 17.5 Å². The molecule has 2 rings (SSSR count). The van der Waals surface area contributed by atoms with Crippen LogP contribution in [0.2, 0.25) is 0 Å². The Hall–Kier alpha value is -1.73. The molecule has 2 aromatic rings. The number of nitrogens with zero attached hydrogens (tertiary/aromatic N) is 1. The number of benzene rings is 1. The van der Waals surface area contributed by atoms with Crippen LogP contribution < -0.4 is 20.1 Å². The second-order valence-corrected chi connectivity index (χ2v) is 7.90. The lowest BCUT2D eigenvalue weighted by Gasteiger charge is -2.16. The molecule has 1 atom stereocenters. The molecule has 1 heterocycles. The third kappa shape index (κ3) is 5.92. The number of methoxy groups -OCH3 is 2. The third-order valence-corrected chi connectivity index (χ3v) is 5.41. The Kier molecular flexibility index (Phi) is 8.25. The van der Waals surface area contributed by atoms with Crippen LogP contribution in [-0.2, 0) is 13.0 Å². The zero-order valence-electron chi connectivity index (χ0n) is 15.6. The molecule has 0 aliphatic heterocycles. The minimum atomic E-state index is 0.530. The molecule has 0 saturated heterocycles. The maximum absolute atomic E-state index is 5.39. The monoisotopic (exact) mass is 439 g/mol. The zero-order valence-corrected chi connectivity index (χ0v) is 18.0. The number of aliphatic imine (C=N–C) groups is 1. The van der Waals surface area contributed by atoms with Crippen LogP contribution in [0.4, 0.5) is 0 Å². The first-order valence-corrected chi connectivity index (χ1v) is 10.1. The number of guanidine groups is 1. The molecule has 0 aliphatic rings. The van der Waals surface area contributed by atoms with Crippen molar-refractivity contribution in [1.29, 1.82) is 0 Å². The van der Waals surface area contributed by atoms with Crippen LogP contribution in [0.15, 0.2) is 39.1 Å². The largest absolute Gasteiger partial charge is 0.493 e. The highest BCUT2D eigenvalue weighted by atomic mass is 79.9. The Morgan fingerprint density at radius 1 is 1.27 bits per heavy atom. The Balaban J connectivity index is 1.87. The van der Waals surface area contributed by atoms with E-state index < -0.39 is 0 Å². The number of rotatable bonds is 8. The van der Waals surface area contributed by atoms with Crippen molar-refractivity contribution in [2.75, 3.05) is 27.8 Å². The molecule has 7 heteroatoms. The molecule has 1 aromatic carbocycles. The lowest BCUT2D eigenvalue weighted by molar-refractivity contribution is 0.352. The average Bonchev–Trinajstić information content (AvgIpc) is 3.14. The number of hydrogen-bond acceptors (Lipinski definition) is 4. The molecule has 0 spiro atoms. The summed E-state index contributed by atoms with van der Waals surface area (Å²) in [5.74, 6) is 2.71. The summed E-state index contributed by atoms with van der Waals surface area (Å²) in [6.45, 7) is 3.75. The van der Waals surface area contributed by atoms with Crippen LogP contribution in [0.1, 0.15) is 17.4 Å². The summed E-state index contributed by atoms with van der Waals surface area (Å²) in [7, 11) is 5.05. The van der Waals surface area contributed by atoms with Crippen molar-refractivity contribution in [1.82, 2.24) is 10.6 Å². The van der Waals surface area contributed by atoms with E-state index in [-0.39, 0.29) is 0 Å². The Morgan fingerprint density at radius 2 is 2.08 bits per heavy atom. The van der Waals surface area contributed by atoms with Crippen LogP contribution >= 0.6 is 27.3 Å². The molecule has 0 fully saturated rings. The van der Waals surface area contributed by atoms with Gasteiger partial charge in [0.05, 0.1) is 18.7 Å². The normalized spacial score (nSPS) is 12.6. The number of halogens is 1. The molecule has 0 aliphatic carbocycles. The van der Waals surface area contributed by atoms with Crippen LogP contribution in [-0.4, -0.2) is 33.8 Å². The molecule has 0 saturated carbocycles. The van der Waals surface area contributed by atoms with E-state index in [4.69, 9.17) is 9.47 Å². The zero-order chi connectivity index (χ0) is 18.9. The maximum Gasteiger partial charge on any atom is 0.191 e. The van der Waals surface area contributed by atoms with E-state index in [2.05, 4.69) is 56.0 Å². The van der Waals surface area contributed by atoms with Gasteiger partial charge < -0.3 is 20.1 Å². The first kappa shape index (κ1) is 20.6. The molecule has 1 unspecified atom stereocenters. The van der Waals surface area contributed by atoms with Gasteiger partial charge >= 0.3 is 0 Å². The van der Waals surface area contributed by atoms with Crippen molar-refractivity contribution in [2.45, 2.75) is 19.9 Å². The van der Waals surface area contributed by atoms with Gasteiger partial charge in [0.1, 0.15) is 0 Å². The van der Waals surface area contributed by atoms with E-state index in [0.29, 0.717) is 24.0 Å². The number of hydrogen-bond donors (Lipinski definition) is 2. The number of ether oxygens (including phenoxy) is 2. The molecule has 2 N–H and O–H groups in total. The van der Waals surface area contributed by atoms with E-state index >= 15 is 0 Å². The van der Waals surface area contributed by atoms with Crippen LogP contribution in [0.25, 0.3) is 0 Å². The average molecular weight is 440 g/mol. The summed E-state index contributed by atoms with van der Waals surface area (Å²) >= 11 is 5.33. The second-order valence-electron chi connectivity index (χ2n) is 6.01. The lowest BCUT2D eigenvalue weighted by Crippen LogP contribution is -2.39. The van der Waals surface area contributed by atoms with Gasteiger partial charge in [-0.05, 0) is 57.4 Å². The summed E-state index contributed by atoms with van der Waals surface area (Å²) in [5, 5.41) is 8.86. The minimum Gasteiger partial charge on any atom is -0.493 e.